The fourth-order valence-corrected chi connectivity index (χ4v) is 5.74. The monoisotopic (exact) mass is 614 g/mol. The van der Waals surface area contributed by atoms with E-state index in [1.807, 2.05) is 109 Å². The van der Waals surface area contributed by atoms with Crippen LogP contribution in [0.4, 0.5) is 0 Å². The molecule has 0 fully saturated rings. The molecule has 3 aromatic heterocycles. The van der Waals surface area contributed by atoms with E-state index < -0.39 is 0 Å². The standard InChI is InChI=1S/C42H26N6/c43-27-28-9-8-12-34(25-28)41-40(45-36-14-4-5-15-37(36)46-41)32-20-22-33(23-21-32)42-47-38(29-10-2-1-3-11-29)26-39(48-42)31-18-16-30(17-19-31)35-13-6-7-24-44-35/h1-26H. The first kappa shape index (κ1) is 28.6. The number of pyridine rings is 1. The molecule has 0 aliphatic carbocycles. The summed E-state index contributed by atoms with van der Waals surface area (Å²) >= 11 is 0. The fourth-order valence-electron chi connectivity index (χ4n) is 5.74. The van der Waals surface area contributed by atoms with E-state index in [4.69, 9.17) is 19.9 Å². The molecule has 6 nitrogen and oxygen atoms in total. The van der Waals surface area contributed by atoms with Gasteiger partial charge in [-0.25, -0.2) is 19.9 Å². The molecule has 0 bridgehead atoms. The first-order chi connectivity index (χ1) is 23.7. The summed E-state index contributed by atoms with van der Waals surface area (Å²) in [6.07, 6.45) is 1.80. The van der Waals surface area contributed by atoms with Crippen LogP contribution in [-0.2, 0) is 0 Å². The highest BCUT2D eigenvalue weighted by Gasteiger charge is 2.16. The van der Waals surface area contributed by atoms with Crippen LogP contribution in [0.3, 0.4) is 0 Å². The summed E-state index contributed by atoms with van der Waals surface area (Å²) in [5.74, 6) is 0.623. The largest absolute Gasteiger partial charge is 0.256 e. The molecule has 0 N–H and O–H groups in total. The Bertz CT molecular complexity index is 2430. The van der Waals surface area contributed by atoms with Crippen molar-refractivity contribution in [1.82, 2.24) is 24.9 Å². The maximum absolute atomic E-state index is 9.55. The van der Waals surface area contributed by atoms with E-state index in [0.29, 0.717) is 11.4 Å². The van der Waals surface area contributed by atoms with Gasteiger partial charge >= 0.3 is 0 Å². The minimum absolute atomic E-state index is 0.571. The normalized spacial score (nSPS) is 10.9. The molecule has 5 aromatic carbocycles. The molecule has 8 rings (SSSR count). The predicted octanol–water partition coefficient (Wildman–Crippen LogP) is 9.69. The summed E-state index contributed by atoms with van der Waals surface area (Å²) < 4.78 is 0. The van der Waals surface area contributed by atoms with Gasteiger partial charge in [-0.15, -0.1) is 0 Å². The third kappa shape index (κ3) is 5.68. The second kappa shape index (κ2) is 12.5. The molecule has 0 aliphatic heterocycles. The maximum Gasteiger partial charge on any atom is 0.160 e. The van der Waals surface area contributed by atoms with Crippen molar-refractivity contribution < 1.29 is 0 Å². The van der Waals surface area contributed by atoms with Gasteiger partial charge in [-0.3, -0.25) is 4.98 Å². The average molecular weight is 615 g/mol. The zero-order valence-corrected chi connectivity index (χ0v) is 25.7. The smallest absolute Gasteiger partial charge is 0.160 e. The third-order valence-corrected chi connectivity index (χ3v) is 8.19. The van der Waals surface area contributed by atoms with Crippen molar-refractivity contribution in [2.45, 2.75) is 0 Å². The van der Waals surface area contributed by atoms with E-state index in [1.165, 1.54) is 0 Å². The van der Waals surface area contributed by atoms with Crippen LogP contribution in [0.2, 0.25) is 0 Å². The number of aromatic nitrogens is 5. The van der Waals surface area contributed by atoms with Crippen molar-refractivity contribution in [1.29, 1.82) is 5.26 Å². The Balaban J connectivity index is 1.21. The molecular weight excluding hydrogens is 589 g/mol. The van der Waals surface area contributed by atoms with E-state index in [-0.39, 0.29) is 0 Å². The van der Waals surface area contributed by atoms with Gasteiger partial charge in [0.1, 0.15) is 0 Å². The van der Waals surface area contributed by atoms with Crippen molar-refractivity contribution in [3.63, 3.8) is 0 Å². The lowest BCUT2D eigenvalue weighted by Gasteiger charge is -2.12. The van der Waals surface area contributed by atoms with Gasteiger partial charge in [0.15, 0.2) is 5.82 Å². The van der Waals surface area contributed by atoms with Crippen LogP contribution in [0.25, 0.3) is 78.7 Å². The van der Waals surface area contributed by atoms with Crippen LogP contribution in [0.15, 0.2) is 158 Å². The molecule has 0 aliphatic rings. The third-order valence-electron chi connectivity index (χ3n) is 8.19. The van der Waals surface area contributed by atoms with Crippen LogP contribution < -0.4 is 0 Å². The first-order valence-electron chi connectivity index (χ1n) is 15.6. The maximum atomic E-state index is 9.55. The summed E-state index contributed by atoms with van der Waals surface area (Å²) in [5.41, 5.74) is 11.9. The lowest BCUT2D eigenvalue weighted by Crippen LogP contribution is -1.97. The summed E-state index contributed by atoms with van der Waals surface area (Å²) in [6, 6.07) is 52.1. The molecule has 0 saturated heterocycles. The average Bonchev–Trinajstić information content (AvgIpc) is 3.18. The lowest BCUT2D eigenvalue weighted by molar-refractivity contribution is 1.18. The van der Waals surface area contributed by atoms with Crippen LogP contribution in [0, 0.1) is 11.3 Å². The highest BCUT2D eigenvalue weighted by atomic mass is 14.9. The van der Waals surface area contributed by atoms with Gasteiger partial charge in [-0.2, -0.15) is 5.26 Å². The molecule has 0 atom stereocenters. The van der Waals surface area contributed by atoms with Crippen LogP contribution in [0.1, 0.15) is 5.56 Å². The van der Waals surface area contributed by atoms with Crippen LogP contribution >= 0.6 is 0 Å². The van der Waals surface area contributed by atoms with Crippen LogP contribution in [0.5, 0.6) is 0 Å². The summed E-state index contributed by atoms with van der Waals surface area (Å²) in [4.78, 5) is 24.6. The molecule has 0 amide bonds. The van der Waals surface area contributed by atoms with Gasteiger partial charge in [-0.1, -0.05) is 109 Å². The quantitative estimate of drug-likeness (QED) is 0.185. The van der Waals surface area contributed by atoms with Gasteiger partial charge < -0.3 is 0 Å². The van der Waals surface area contributed by atoms with Crippen molar-refractivity contribution in [3.05, 3.63) is 163 Å². The van der Waals surface area contributed by atoms with E-state index in [9.17, 15) is 5.26 Å². The number of rotatable bonds is 6. The molecular formula is C42H26N6. The molecule has 0 saturated carbocycles. The highest BCUT2D eigenvalue weighted by molar-refractivity contribution is 5.87. The SMILES string of the molecule is N#Cc1cccc(-c2nc3ccccc3nc2-c2ccc(-c3nc(-c4ccccc4)cc(-c4ccc(-c5ccccn5)cc4)n3)cc2)c1. The minimum atomic E-state index is 0.571. The second-order valence-electron chi connectivity index (χ2n) is 11.3. The Labute approximate surface area is 277 Å². The summed E-state index contributed by atoms with van der Waals surface area (Å²) in [5, 5.41) is 9.55. The van der Waals surface area contributed by atoms with Gasteiger partial charge in [-0.05, 0) is 42.5 Å². The Kier molecular flexibility index (Phi) is 7.46. The first-order valence-corrected chi connectivity index (χ1v) is 15.6. The van der Waals surface area contributed by atoms with Gasteiger partial charge in [0.05, 0.1) is 51.1 Å². The number of hydrogen-bond acceptors (Lipinski definition) is 6. The number of hydrogen-bond donors (Lipinski definition) is 0. The highest BCUT2D eigenvalue weighted by Crippen LogP contribution is 2.34. The molecule has 3 heterocycles. The van der Waals surface area contributed by atoms with Gasteiger partial charge in [0, 0.05) is 39.6 Å². The van der Waals surface area contributed by atoms with E-state index >= 15 is 0 Å². The number of nitrogens with zero attached hydrogens (tertiary/aromatic N) is 6. The van der Waals surface area contributed by atoms with Crippen molar-refractivity contribution >= 4 is 11.0 Å². The molecule has 8 aromatic rings. The van der Waals surface area contributed by atoms with Crippen molar-refractivity contribution in [2.24, 2.45) is 0 Å². The summed E-state index contributed by atoms with van der Waals surface area (Å²) in [7, 11) is 0. The zero-order chi connectivity index (χ0) is 32.3. The van der Waals surface area contributed by atoms with Crippen LogP contribution in [-0.4, -0.2) is 24.9 Å². The molecule has 224 valence electrons. The number of fused-ring (bicyclic) bond motifs is 1. The molecule has 0 unspecified atom stereocenters. The Morgan fingerprint density at radius 2 is 0.938 bits per heavy atom. The molecule has 48 heavy (non-hydrogen) atoms. The summed E-state index contributed by atoms with van der Waals surface area (Å²) in [6.45, 7) is 0. The van der Waals surface area contributed by atoms with Crippen molar-refractivity contribution in [3.8, 4) is 73.7 Å². The number of benzene rings is 5. The van der Waals surface area contributed by atoms with E-state index in [1.54, 1.807) is 12.3 Å². The predicted molar refractivity (Wildman–Crippen MR) is 190 cm³/mol. The second-order valence-corrected chi connectivity index (χ2v) is 11.3. The number of nitriles is 1. The van der Waals surface area contributed by atoms with Gasteiger partial charge in [0.25, 0.3) is 0 Å². The molecule has 0 spiro atoms. The Hall–Kier alpha value is -6.84. The van der Waals surface area contributed by atoms with Crippen molar-refractivity contribution in [2.75, 3.05) is 0 Å². The topological polar surface area (TPSA) is 88.2 Å². The van der Waals surface area contributed by atoms with E-state index in [2.05, 4.69) is 47.5 Å². The molecule has 0 radical (unpaired) electrons. The van der Waals surface area contributed by atoms with E-state index in [0.717, 1.165) is 72.9 Å². The zero-order valence-electron chi connectivity index (χ0n) is 25.7. The Morgan fingerprint density at radius 1 is 0.396 bits per heavy atom. The van der Waals surface area contributed by atoms with Gasteiger partial charge in [0.2, 0.25) is 0 Å². The minimum Gasteiger partial charge on any atom is -0.256 e. The fraction of sp³-hybridized carbons (Fsp3) is 0. The molecule has 6 heteroatoms. The Morgan fingerprint density at radius 3 is 1.58 bits per heavy atom. The lowest BCUT2D eigenvalue weighted by atomic mass is 10.0. The number of para-hydroxylation sites is 2.